The maximum absolute atomic E-state index is 12.2. The van der Waals surface area contributed by atoms with E-state index >= 15 is 0 Å². The second-order valence-electron chi connectivity index (χ2n) is 16.9. The Morgan fingerprint density at radius 1 is 0.400 bits per heavy atom. The summed E-state index contributed by atoms with van der Waals surface area (Å²) in [6.07, 6.45) is 55.9. The minimum absolute atomic E-state index is 0.0597. The van der Waals surface area contributed by atoms with E-state index in [0.29, 0.717) is 12.8 Å². The van der Waals surface area contributed by atoms with E-state index in [-0.39, 0.29) is 25.2 Å². The van der Waals surface area contributed by atoms with Crippen LogP contribution in [0.15, 0.2) is 12.2 Å². The molecule has 0 amide bonds. The fraction of sp³-hybridized carbons (Fsp3) is 0.920. The quantitative estimate of drug-likeness (QED) is 0.0379. The standard InChI is InChI=1S/C50H96O5/c1-3-5-7-9-11-13-15-17-19-21-23-24-25-27-28-30-32-34-36-38-40-42-44-49(52)54-47-48(46-51)55-50(53)45-43-41-39-37-35-33-31-29-26-22-20-18-16-14-12-10-8-6-4-2/h18,20,48,51H,3-17,19,21-47H2,1-2H3/b20-18-. The van der Waals surface area contributed by atoms with Crippen LogP contribution in [0.1, 0.15) is 277 Å². The average Bonchev–Trinajstić information content (AvgIpc) is 3.19. The number of carbonyl (C=O) groups excluding carboxylic acids is 2. The van der Waals surface area contributed by atoms with Crippen molar-refractivity contribution in [3.63, 3.8) is 0 Å². The number of unbranched alkanes of at least 4 members (excludes halogenated alkanes) is 36. The molecule has 326 valence electrons. The van der Waals surface area contributed by atoms with Crippen molar-refractivity contribution in [3.8, 4) is 0 Å². The van der Waals surface area contributed by atoms with Gasteiger partial charge in [0.15, 0.2) is 6.10 Å². The zero-order valence-corrected chi connectivity index (χ0v) is 37.2. The normalized spacial score (nSPS) is 12.1. The lowest BCUT2D eigenvalue weighted by Crippen LogP contribution is -2.28. The zero-order valence-electron chi connectivity index (χ0n) is 37.2. The zero-order chi connectivity index (χ0) is 40.0. The fourth-order valence-electron chi connectivity index (χ4n) is 7.55. The molecule has 0 aliphatic heterocycles. The van der Waals surface area contributed by atoms with E-state index in [9.17, 15) is 14.7 Å². The van der Waals surface area contributed by atoms with Crippen LogP contribution in [0.2, 0.25) is 0 Å². The SMILES string of the molecule is CCCCCCCC/C=C\CCCCCCCCCCCC(=O)OC(CO)COC(=O)CCCCCCCCCCCCCCCCCCCCCCCC. The van der Waals surface area contributed by atoms with Crippen molar-refractivity contribution in [1.29, 1.82) is 0 Å². The first kappa shape index (κ1) is 53.6. The lowest BCUT2D eigenvalue weighted by molar-refractivity contribution is -0.161. The number of ether oxygens (including phenoxy) is 2. The van der Waals surface area contributed by atoms with Gasteiger partial charge in [-0.2, -0.15) is 0 Å². The van der Waals surface area contributed by atoms with Crippen LogP contribution in [0.25, 0.3) is 0 Å². The van der Waals surface area contributed by atoms with Crippen molar-refractivity contribution >= 4 is 11.9 Å². The summed E-state index contributed by atoms with van der Waals surface area (Å²) in [6.45, 7) is 4.18. The van der Waals surface area contributed by atoms with Crippen LogP contribution in [0.3, 0.4) is 0 Å². The summed E-state index contributed by atoms with van der Waals surface area (Å²) >= 11 is 0. The molecule has 0 aliphatic rings. The van der Waals surface area contributed by atoms with Crippen LogP contribution in [-0.2, 0) is 19.1 Å². The average molecular weight is 777 g/mol. The highest BCUT2D eigenvalue weighted by molar-refractivity contribution is 5.70. The van der Waals surface area contributed by atoms with Gasteiger partial charge in [-0.1, -0.05) is 238 Å². The van der Waals surface area contributed by atoms with Crippen LogP contribution in [0, 0.1) is 0 Å². The summed E-state index contributed by atoms with van der Waals surface area (Å²) in [6, 6.07) is 0. The maximum Gasteiger partial charge on any atom is 0.306 e. The first-order chi connectivity index (χ1) is 27.1. The van der Waals surface area contributed by atoms with Crippen molar-refractivity contribution < 1.29 is 24.2 Å². The fourth-order valence-corrected chi connectivity index (χ4v) is 7.55. The largest absolute Gasteiger partial charge is 0.462 e. The van der Waals surface area contributed by atoms with Crippen molar-refractivity contribution in [2.45, 2.75) is 283 Å². The second-order valence-corrected chi connectivity index (χ2v) is 16.9. The minimum Gasteiger partial charge on any atom is -0.462 e. The van der Waals surface area contributed by atoms with Gasteiger partial charge in [-0.05, 0) is 38.5 Å². The van der Waals surface area contributed by atoms with Gasteiger partial charge >= 0.3 is 11.9 Å². The third-order valence-electron chi connectivity index (χ3n) is 11.3. The second kappa shape index (κ2) is 47.0. The molecule has 0 aromatic heterocycles. The maximum atomic E-state index is 12.2. The van der Waals surface area contributed by atoms with Crippen molar-refractivity contribution in [2.75, 3.05) is 13.2 Å². The number of hydrogen-bond donors (Lipinski definition) is 1. The first-order valence-electron chi connectivity index (χ1n) is 24.7. The summed E-state index contributed by atoms with van der Waals surface area (Å²) in [5.74, 6) is -0.575. The molecule has 5 heteroatoms. The molecule has 0 heterocycles. The van der Waals surface area contributed by atoms with Gasteiger partial charge in [-0.25, -0.2) is 0 Å². The minimum atomic E-state index is -0.767. The van der Waals surface area contributed by atoms with Gasteiger partial charge in [0.1, 0.15) is 6.61 Å². The highest BCUT2D eigenvalue weighted by Crippen LogP contribution is 2.17. The van der Waals surface area contributed by atoms with Crippen LogP contribution in [0.5, 0.6) is 0 Å². The van der Waals surface area contributed by atoms with E-state index < -0.39 is 6.10 Å². The molecule has 0 aromatic carbocycles. The third kappa shape index (κ3) is 45.2. The Hall–Kier alpha value is -1.36. The van der Waals surface area contributed by atoms with Gasteiger partial charge in [-0.3, -0.25) is 9.59 Å². The number of rotatable bonds is 46. The van der Waals surface area contributed by atoms with Gasteiger partial charge in [0.25, 0.3) is 0 Å². The van der Waals surface area contributed by atoms with Crippen molar-refractivity contribution in [1.82, 2.24) is 0 Å². The van der Waals surface area contributed by atoms with E-state index in [1.54, 1.807) is 0 Å². The number of esters is 2. The van der Waals surface area contributed by atoms with Crippen LogP contribution in [-0.4, -0.2) is 36.4 Å². The van der Waals surface area contributed by atoms with E-state index in [2.05, 4.69) is 26.0 Å². The summed E-state index contributed by atoms with van der Waals surface area (Å²) in [4.78, 5) is 24.4. The highest BCUT2D eigenvalue weighted by Gasteiger charge is 2.16. The lowest BCUT2D eigenvalue weighted by atomic mass is 10.0. The molecule has 1 unspecified atom stereocenters. The number of aliphatic hydroxyl groups excluding tert-OH is 1. The smallest absolute Gasteiger partial charge is 0.306 e. The Bertz CT molecular complexity index is 795. The molecule has 0 aliphatic carbocycles. The Morgan fingerprint density at radius 3 is 0.982 bits per heavy atom. The first-order valence-corrected chi connectivity index (χ1v) is 24.7. The molecule has 0 rings (SSSR count). The summed E-state index contributed by atoms with van der Waals surface area (Å²) in [7, 11) is 0. The van der Waals surface area contributed by atoms with Crippen LogP contribution >= 0.6 is 0 Å². The van der Waals surface area contributed by atoms with Gasteiger partial charge < -0.3 is 14.6 Å². The number of hydrogen-bond acceptors (Lipinski definition) is 5. The molecule has 0 saturated heterocycles. The Kier molecular flexibility index (Phi) is 45.9. The van der Waals surface area contributed by atoms with Gasteiger partial charge in [-0.15, -0.1) is 0 Å². The summed E-state index contributed by atoms with van der Waals surface area (Å²) in [5.41, 5.74) is 0. The van der Waals surface area contributed by atoms with Crippen molar-refractivity contribution in [3.05, 3.63) is 12.2 Å². The van der Waals surface area contributed by atoms with E-state index in [1.165, 1.54) is 218 Å². The highest BCUT2D eigenvalue weighted by atomic mass is 16.6. The Morgan fingerprint density at radius 2 is 0.673 bits per heavy atom. The van der Waals surface area contributed by atoms with Gasteiger partial charge in [0.2, 0.25) is 0 Å². The molecular formula is C50H96O5. The molecule has 0 spiro atoms. The molecule has 55 heavy (non-hydrogen) atoms. The van der Waals surface area contributed by atoms with Crippen molar-refractivity contribution in [2.24, 2.45) is 0 Å². The molecule has 0 radical (unpaired) electrons. The third-order valence-corrected chi connectivity index (χ3v) is 11.3. The van der Waals surface area contributed by atoms with E-state index in [0.717, 1.165) is 32.1 Å². The number of carbonyl (C=O) groups is 2. The lowest BCUT2D eigenvalue weighted by Gasteiger charge is -2.15. The molecule has 5 nitrogen and oxygen atoms in total. The summed E-state index contributed by atoms with van der Waals surface area (Å²) in [5, 5.41) is 9.61. The van der Waals surface area contributed by atoms with Gasteiger partial charge in [0, 0.05) is 12.8 Å². The molecule has 1 N–H and O–H groups in total. The Balaban J connectivity index is 3.45. The molecule has 1 atom stereocenters. The van der Waals surface area contributed by atoms with E-state index in [4.69, 9.17) is 9.47 Å². The summed E-state index contributed by atoms with van der Waals surface area (Å²) < 4.78 is 10.7. The predicted octanol–water partition coefficient (Wildman–Crippen LogP) is 16.0. The molecular weight excluding hydrogens is 681 g/mol. The molecule has 0 bridgehead atoms. The van der Waals surface area contributed by atoms with Gasteiger partial charge in [0.05, 0.1) is 6.61 Å². The predicted molar refractivity (Wildman–Crippen MR) is 238 cm³/mol. The monoisotopic (exact) mass is 777 g/mol. The van der Waals surface area contributed by atoms with Crippen LogP contribution < -0.4 is 0 Å². The topological polar surface area (TPSA) is 72.8 Å². The molecule has 0 aromatic rings. The Labute approximate surface area is 343 Å². The molecule has 0 saturated carbocycles. The number of aliphatic hydroxyl groups is 1. The van der Waals surface area contributed by atoms with E-state index in [1.807, 2.05) is 0 Å². The number of allylic oxidation sites excluding steroid dienone is 2. The van der Waals surface area contributed by atoms with Crippen LogP contribution in [0.4, 0.5) is 0 Å². The molecule has 0 fully saturated rings.